The van der Waals surface area contributed by atoms with Crippen molar-refractivity contribution < 1.29 is 28.2 Å². The molecule has 0 saturated carbocycles. The molecule has 136 valence electrons. The summed E-state index contributed by atoms with van der Waals surface area (Å²) in [7, 11) is 0. The van der Waals surface area contributed by atoms with Crippen molar-refractivity contribution >= 4 is 17.6 Å². The van der Waals surface area contributed by atoms with Crippen molar-refractivity contribution in [3.8, 4) is 11.5 Å². The highest BCUT2D eigenvalue weighted by molar-refractivity contribution is 6.07. The minimum Gasteiger partial charge on any atom is -0.478 e. The van der Waals surface area contributed by atoms with Crippen LogP contribution < -0.4 is 10.1 Å². The lowest BCUT2D eigenvalue weighted by Gasteiger charge is -2.12. The first-order chi connectivity index (χ1) is 12.9. The lowest BCUT2D eigenvalue weighted by molar-refractivity contribution is 0.0698. The molecule has 0 aliphatic carbocycles. The lowest BCUT2D eigenvalue weighted by atomic mass is 10.1. The van der Waals surface area contributed by atoms with Gasteiger partial charge in [-0.1, -0.05) is 18.2 Å². The Hall–Kier alpha value is -3.74. The van der Waals surface area contributed by atoms with E-state index in [-0.39, 0.29) is 22.7 Å². The normalized spacial score (nSPS) is 10.3. The lowest BCUT2D eigenvalue weighted by Crippen LogP contribution is -2.14. The Labute approximate surface area is 152 Å². The molecule has 5 nitrogen and oxygen atoms in total. The number of amides is 1. The number of carboxylic acid groups (broad SMARTS) is 1. The van der Waals surface area contributed by atoms with Crippen molar-refractivity contribution in [3.05, 3.63) is 89.5 Å². The van der Waals surface area contributed by atoms with E-state index in [0.717, 1.165) is 12.1 Å². The van der Waals surface area contributed by atoms with Crippen molar-refractivity contribution in [1.29, 1.82) is 0 Å². The summed E-state index contributed by atoms with van der Waals surface area (Å²) in [5.41, 5.74) is 0.176. The fraction of sp³-hybridized carbons (Fsp3) is 0. The molecule has 0 spiro atoms. The zero-order valence-corrected chi connectivity index (χ0v) is 13.8. The fourth-order valence-corrected chi connectivity index (χ4v) is 2.38. The number of rotatable bonds is 5. The summed E-state index contributed by atoms with van der Waals surface area (Å²) in [5, 5.41) is 11.8. The number of ether oxygens (including phenoxy) is 1. The van der Waals surface area contributed by atoms with Crippen molar-refractivity contribution in [3.63, 3.8) is 0 Å². The van der Waals surface area contributed by atoms with Crippen LogP contribution in [0.4, 0.5) is 14.5 Å². The first kappa shape index (κ1) is 18.1. The smallest absolute Gasteiger partial charge is 0.337 e. The molecule has 0 heterocycles. The highest BCUT2D eigenvalue weighted by Crippen LogP contribution is 2.28. The van der Waals surface area contributed by atoms with Gasteiger partial charge < -0.3 is 15.2 Å². The maximum Gasteiger partial charge on any atom is 0.337 e. The molecule has 0 atom stereocenters. The summed E-state index contributed by atoms with van der Waals surface area (Å²) in [5.74, 6) is -3.38. The van der Waals surface area contributed by atoms with E-state index in [9.17, 15) is 23.5 Å². The molecule has 0 radical (unpaired) electrons. The molecule has 0 aromatic heterocycles. The Kier molecular flexibility index (Phi) is 5.12. The van der Waals surface area contributed by atoms with E-state index in [0.29, 0.717) is 11.6 Å². The van der Waals surface area contributed by atoms with Gasteiger partial charge >= 0.3 is 5.97 Å². The van der Waals surface area contributed by atoms with E-state index in [1.165, 1.54) is 18.2 Å². The summed E-state index contributed by atoms with van der Waals surface area (Å²) < 4.78 is 31.9. The summed E-state index contributed by atoms with van der Waals surface area (Å²) in [6.45, 7) is 0. The van der Waals surface area contributed by atoms with Crippen LogP contribution >= 0.6 is 0 Å². The van der Waals surface area contributed by atoms with Gasteiger partial charge in [0.05, 0.1) is 11.3 Å². The van der Waals surface area contributed by atoms with Gasteiger partial charge in [-0.2, -0.15) is 0 Å². The topological polar surface area (TPSA) is 75.6 Å². The van der Waals surface area contributed by atoms with Crippen molar-refractivity contribution in [1.82, 2.24) is 0 Å². The van der Waals surface area contributed by atoms with Gasteiger partial charge in [0.25, 0.3) is 5.91 Å². The van der Waals surface area contributed by atoms with E-state index >= 15 is 0 Å². The largest absolute Gasteiger partial charge is 0.478 e. The monoisotopic (exact) mass is 369 g/mol. The molecule has 0 aliphatic heterocycles. The standard InChI is InChI=1S/C20H13F2NO4/c21-13-8-14(22)10-16(9-13)27-15-6-7-17(20(25)26)18(11-15)23-19(24)12-4-2-1-3-5-12/h1-11H,(H,23,24)(H,25,26). The van der Waals surface area contributed by atoms with Crippen LogP contribution in [0.3, 0.4) is 0 Å². The number of halogens is 2. The van der Waals surface area contributed by atoms with Crippen LogP contribution in [-0.4, -0.2) is 17.0 Å². The van der Waals surface area contributed by atoms with E-state index in [1.807, 2.05) is 0 Å². The molecule has 0 bridgehead atoms. The van der Waals surface area contributed by atoms with E-state index in [4.69, 9.17) is 4.74 Å². The predicted molar refractivity (Wildman–Crippen MR) is 94.2 cm³/mol. The van der Waals surface area contributed by atoms with E-state index in [2.05, 4.69) is 5.32 Å². The summed E-state index contributed by atoms with van der Waals surface area (Å²) in [6.07, 6.45) is 0. The van der Waals surface area contributed by atoms with Gasteiger partial charge in [-0.15, -0.1) is 0 Å². The molecule has 0 aliphatic rings. The Morgan fingerprint density at radius 1 is 0.852 bits per heavy atom. The van der Waals surface area contributed by atoms with Gasteiger partial charge in [0.1, 0.15) is 23.1 Å². The first-order valence-corrected chi connectivity index (χ1v) is 7.80. The maximum atomic E-state index is 13.3. The average molecular weight is 369 g/mol. The molecule has 2 N–H and O–H groups in total. The number of carbonyl (C=O) groups excluding carboxylic acids is 1. The number of anilines is 1. The Balaban J connectivity index is 1.90. The van der Waals surface area contributed by atoms with Gasteiger partial charge in [0.2, 0.25) is 0 Å². The first-order valence-electron chi connectivity index (χ1n) is 7.80. The fourth-order valence-electron chi connectivity index (χ4n) is 2.38. The van der Waals surface area contributed by atoms with Crippen LogP contribution in [0.1, 0.15) is 20.7 Å². The number of carboxylic acids is 1. The van der Waals surface area contributed by atoms with Gasteiger partial charge in [-0.3, -0.25) is 4.79 Å². The number of hydrogen-bond donors (Lipinski definition) is 2. The van der Waals surface area contributed by atoms with Gasteiger partial charge in [0, 0.05) is 29.8 Å². The number of benzene rings is 3. The third-order valence-corrected chi connectivity index (χ3v) is 3.58. The van der Waals surface area contributed by atoms with Crippen LogP contribution in [0.2, 0.25) is 0 Å². The van der Waals surface area contributed by atoms with Gasteiger partial charge in [-0.25, -0.2) is 13.6 Å². The molecule has 1 amide bonds. The molecule has 3 rings (SSSR count). The molecule has 3 aromatic carbocycles. The highest BCUT2D eigenvalue weighted by Gasteiger charge is 2.15. The number of carbonyl (C=O) groups is 2. The Morgan fingerprint density at radius 2 is 1.52 bits per heavy atom. The van der Waals surface area contributed by atoms with Gasteiger partial charge in [-0.05, 0) is 24.3 Å². The van der Waals surface area contributed by atoms with Gasteiger partial charge in [0.15, 0.2) is 0 Å². The number of nitrogens with one attached hydrogen (secondary N) is 1. The zero-order chi connectivity index (χ0) is 19.4. The van der Waals surface area contributed by atoms with Crippen LogP contribution in [0.25, 0.3) is 0 Å². The summed E-state index contributed by atoms with van der Waals surface area (Å²) in [4.78, 5) is 23.7. The van der Waals surface area contributed by atoms with Crippen LogP contribution in [0, 0.1) is 11.6 Å². The molecule has 0 saturated heterocycles. The van der Waals surface area contributed by atoms with Crippen LogP contribution in [-0.2, 0) is 0 Å². The zero-order valence-electron chi connectivity index (χ0n) is 13.8. The Bertz CT molecular complexity index is 986. The van der Waals surface area contributed by atoms with E-state index < -0.39 is 23.5 Å². The Morgan fingerprint density at radius 3 is 2.15 bits per heavy atom. The maximum absolute atomic E-state index is 13.3. The molecule has 0 fully saturated rings. The predicted octanol–water partition coefficient (Wildman–Crippen LogP) is 4.71. The van der Waals surface area contributed by atoms with Crippen LogP contribution in [0.15, 0.2) is 66.7 Å². The number of hydrogen-bond acceptors (Lipinski definition) is 3. The quantitative estimate of drug-likeness (QED) is 0.683. The molecule has 0 unspecified atom stereocenters. The van der Waals surface area contributed by atoms with E-state index in [1.54, 1.807) is 30.3 Å². The highest BCUT2D eigenvalue weighted by atomic mass is 19.1. The molecule has 27 heavy (non-hydrogen) atoms. The molecular weight excluding hydrogens is 356 g/mol. The minimum absolute atomic E-state index is 0.00859. The van der Waals surface area contributed by atoms with Crippen molar-refractivity contribution in [2.24, 2.45) is 0 Å². The van der Waals surface area contributed by atoms with Crippen LogP contribution in [0.5, 0.6) is 11.5 Å². The third kappa shape index (κ3) is 4.46. The SMILES string of the molecule is O=C(Nc1cc(Oc2cc(F)cc(F)c2)ccc1C(=O)O)c1ccccc1. The minimum atomic E-state index is -1.25. The average Bonchev–Trinajstić information content (AvgIpc) is 2.61. The second kappa shape index (κ2) is 7.65. The van der Waals surface area contributed by atoms with Crippen molar-refractivity contribution in [2.75, 3.05) is 5.32 Å². The van der Waals surface area contributed by atoms with Crippen molar-refractivity contribution in [2.45, 2.75) is 0 Å². The molecule has 3 aromatic rings. The summed E-state index contributed by atoms with van der Waals surface area (Å²) in [6, 6.07) is 14.7. The molecular formula is C20H13F2NO4. The molecule has 7 heteroatoms. The number of aromatic carboxylic acids is 1. The second-order valence-electron chi connectivity index (χ2n) is 5.54. The second-order valence-corrected chi connectivity index (χ2v) is 5.54. The third-order valence-electron chi connectivity index (χ3n) is 3.58. The summed E-state index contributed by atoms with van der Waals surface area (Å²) >= 11 is 0.